The molecule has 0 bridgehead atoms. The predicted octanol–water partition coefficient (Wildman–Crippen LogP) is 3.52. The number of piperidine rings is 1. The second kappa shape index (κ2) is 9.93. The number of nitrogens with zero attached hydrogens (tertiary/aromatic N) is 3. The molecule has 146 valence electrons. The fourth-order valence-electron chi connectivity index (χ4n) is 3.49. The van der Waals surface area contributed by atoms with Gasteiger partial charge in [-0.25, -0.2) is 4.79 Å². The molecule has 0 saturated carbocycles. The number of amides is 2. The summed E-state index contributed by atoms with van der Waals surface area (Å²) in [5.74, 6) is 0. The molecule has 5 heteroatoms. The Kier molecular flexibility index (Phi) is 7.91. The van der Waals surface area contributed by atoms with Crippen LogP contribution in [0, 0.1) is 0 Å². The number of urea groups is 1. The van der Waals surface area contributed by atoms with Crippen molar-refractivity contribution in [3.63, 3.8) is 0 Å². The first-order chi connectivity index (χ1) is 12.4. The Balaban J connectivity index is 2.01. The van der Waals surface area contributed by atoms with E-state index in [2.05, 4.69) is 62.1 Å². The van der Waals surface area contributed by atoms with Crippen molar-refractivity contribution in [2.24, 2.45) is 0 Å². The summed E-state index contributed by atoms with van der Waals surface area (Å²) in [7, 11) is 4.11. The first kappa shape index (κ1) is 20.7. The third-order valence-corrected chi connectivity index (χ3v) is 5.33. The van der Waals surface area contributed by atoms with Crippen molar-refractivity contribution in [1.82, 2.24) is 14.7 Å². The van der Waals surface area contributed by atoms with Crippen LogP contribution in [0.2, 0.25) is 0 Å². The number of aryl methyl sites for hydroxylation is 1. The van der Waals surface area contributed by atoms with Gasteiger partial charge in [0.1, 0.15) is 0 Å². The van der Waals surface area contributed by atoms with Gasteiger partial charge in [0.05, 0.1) is 0 Å². The van der Waals surface area contributed by atoms with E-state index in [-0.39, 0.29) is 6.03 Å². The molecule has 1 aliphatic rings. The highest BCUT2D eigenvalue weighted by atomic mass is 16.2. The van der Waals surface area contributed by atoms with Crippen molar-refractivity contribution in [3.05, 3.63) is 29.8 Å². The molecule has 1 heterocycles. The fraction of sp³-hybridized carbons (Fsp3) is 0.667. The molecule has 26 heavy (non-hydrogen) atoms. The van der Waals surface area contributed by atoms with Gasteiger partial charge < -0.3 is 20.0 Å². The van der Waals surface area contributed by atoms with E-state index < -0.39 is 0 Å². The number of benzene rings is 1. The number of carbonyl (C=O) groups excluding carboxylic acids is 1. The smallest absolute Gasteiger partial charge is 0.320 e. The van der Waals surface area contributed by atoms with Crippen LogP contribution in [0.1, 0.15) is 39.2 Å². The summed E-state index contributed by atoms with van der Waals surface area (Å²) in [6.07, 6.45) is 3.11. The maximum Gasteiger partial charge on any atom is 0.322 e. The molecule has 1 aromatic rings. The topological polar surface area (TPSA) is 38.8 Å². The summed E-state index contributed by atoms with van der Waals surface area (Å²) >= 11 is 0. The average molecular weight is 361 g/mol. The molecule has 1 fully saturated rings. The van der Waals surface area contributed by atoms with Gasteiger partial charge in [-0.05, 0) is 64.9 Å². The number of hydrogen-bond acceptors (Lipinski definition) is 3. The molecule has 2 rings (SSSR count). The van der Waals surface area contributed by atoms with E-state index in [0.29, 0.717) is 12.1 Å². The first-order valence-corrected chi connectivity index (χ1v) is 9.96. The Morgan fingerprint density at radius 2 is 1.77 bits per heavy atom. The molecule has 1 aliphatic heterocycles. The highest BCUT2D eigenvalue weighted by molar-refractivity contribution is 5.89. The SMILES string of the molecule is CCc1ccc(NC(=O)N(CCN(C)C)C2CCN(C(C)C)CC2)cc1. The van der Waals surface area contributed by atoms with E-state index in [9.17, 15) is 4.79 Å². The average Bonchev–Trinajstić information content (AvgIpc) is 2.62. The third-order valence-electron chi connectivity index (χ3n) is 5.33. The van der Waals surface area contributed by atoms with Crippen LogP contribution in [-0.2, 0) is 6.42 Å². The summed E-state index contributed by atoms with van der Waals surface area (Å²) in [6, 6.07) is 9.10. The standard InChI is InChI=1S/C21H36N4O/c1-6-18-7-9-19(10-8-18)22-21(26)25(16-15-23(4)5)20-11-13-24(14-12-20)17(2)3/h7-10,17,20H,6,11-16H2,1-5H3,(H,22,26). The van der Waals surface area contributed by atoms with Crippen molar-refractivity contribution in [3.8, 4) is 0 Å². The summed E-state index contributed by atoms with van der Waals surface area (Å²) in [6.45, 7) is 10.4. The van der Waals surface area contributed by atoms with Gasteiger partial charge >= 0.3 is 6.03 Å². The largest absolute Gasteiger partial charge is 0.322 e. The molecule has 0 unspecified atom stereocenters. The first-order valence-electron chi connectivity index (χ1n) is 9.96. The van der Waals surface area contributed by atoms with E-state index in [1.165, 1.54) is 5.56 Å². The van der Waals surface area contributed by atoms with E-state index >= 15 is 0 Å². The van der Waals surface area contributed by atoms with Crippen molar-refractivity contribution in [2.75, 3.05) is 45.6 Å². The minimum atomic E-state index is 0.0269. The lowest BCUT2D eigenvalue weighted by Crippen LogP contribution is -2.51. The lowest BCUT2D eigenvalue weighted by Gasteiger charge is -2.40. The number of hydrogen-bond donors (Lipinski definition) is 1. The molecule has 0 atom stereocenters. The molecule has 5 nitrogen and oxygen atoms in total. The number of carbonyl (C=O) groups is 1. The van der Waals surface area contributed by atoms with Gasteiger partial charge in [0, 0.05) is 44.0 Å². The molecule has 0 aliphatic carbocycles. The zero-order valence-corrected chi connectivity index (χ0v) is 17.2. The summed E-state index contributed by atoms with van der Waals surface area (Å²) in [4.78, 5) is 19.7. The Morgan fingerprint density at radius 1 is 1.15 bits per heavy atom. The van der Waals surface area contributed by atoms with Crippen LogP contribution in [-0.4, -0.2) is 73.1 Å². The third kappa shape index (κ3) is 5.99. The van der Waals surface area contributed by atoms with Crippen LogP contribution >= 0.6 is 0 Å². The van der Waals surface area contributed by atoms with Gasteiger partial charge in [-0.15, -0.1) is 0 Å². The van der Waals surface area contributed by atoms with Crippen molar-refractivity contribution in [2.45, 2.75) is 52.1 Å². The van der Waals surface area contributed by atoms with Gasteiger partial charge in [0.2, 0.25) is 0 Å². The van der Waals surface area contributed by atoms with Gasteiger partial charge in [0.25, 0.3) is 0 Å². The zero-order chi connectivity index (χ0) is 19.1. The maximum atomic E-state index is 13.0. The van der Waals surface area contributed by atoms with Crippen LogP contribution in [0.15, 0.2) is 24.3 Å². The molecular weight excluding hydrogens is 324 g/mol. The quantitative estimate of drug-likeness (QED) is 0.809. The minimum absolute atomic E-state index is 0.0269. The highest BCUT2D eigenvalue weighted by Crippen LogP contribution is 2.20. The number of nitrogens with one attached hydrogen (secondary N) is 1. The van der Waals surface area contributed by atoms with Crippen molar-refractivity contribution in [1.29, 1.82) is 0 Å². The van der Waals surface area contributed by atoms with E-state index in [1.807, 2.05) is 17.0 Å². The second-order valence-electron chi connectivity index (χ2n) is 7.84. The monoisotopic (exact) mass is 360 g/mol. The Labute approximate surface area is 159 Å². The molecule has 0 spiro atoms. The Bertz CT molecular complexity index is 548. The zero-order valence-electron chi connectivity index (χ0n) is 17.2. The lowest BCUT2D eigenvalue weighted by atomic mass is 10.0. The molecule has 1 saturated heterocycles. The Hall–Kier alpha value is -1.59. The summed E-state index contributed by atoms with van der Waals surface area (Å²) < 4.78 is 0. The number of anilines is 1. The number of likely N-dealkylation sites (tertiary alicyclic amines) is 1. The summed E-state index contributed by atoms with van der Waals surface area (Å²) in [5, 5.41) is 3.10. The van der Waals surface area contributed by atoms with Crippen LogP contribution in [0.4, 0.5) is 10.5 Å². The minimum Gasteiger partial charge on any atom is -0.320 e. The number of likely N-dealkylation sites (N-methyl/N-ethyl adjacent to an activating group) is 1. The van der Waals surface area contributed by atoms with Crippen LogP contribution in [0.25, 0.3) is 0 Å². The van der Waals surface area contributed by atoms with Crippen LogP contribution in [0.5, 0.6) is 0 Å². The number of rotatable bonds is 7. The van der Waals surface area contributed by atoms with Crippen molar-refractivity contribution < 1.29 is 4.79 Å². The van der Waals surface area contributed by atoms with E-state index in [0.717, 1.165) is 51.1 Å². The second-order valence-corrected chi connectivity index (χ2v) is 7.84. The normalized spacial score (nSPS) is 16.3. The van der Waals surface area contributed by atoms with Crippen LogP contribution in [0.3, 0.4) is 0 Å². The molecule has 1 N–H and O–H groups in total. The van der Waals surface area contributed by atoms with Gasteiger partial charge in [-0.2, -0.15) is 0 Å². The Morgan fingerprint density at radius 3 is 2.27 bits per heavy atom. The molecule has 2 amide bonds. The maximum absolute atomic E-state index is 13.0. The lowest BCUT2D eigenvalue weighted by molar-refractivity contribution is 0.106. The molecule has 1 aromatic carbocycles. The van der Waals surface area contributed by atoms with E-state index in [1.54, 1.807) is 0 Å². The summed E-state index contributed by atoms with van der Waals surface area (Å²) in [5.41, 5.74) is 2.16. The van der Waals surface area contributed by atoms with Crippen molar-refractivity contribution >= 4 is 11.7 Å². The van der Waals surface area contributed by atoms with Crippen LogP contribution < -0.4 is 5.32 Å². The molecule has 0 radical (unpaired) electrons. The molecular formula is C21H36N4O. The fourth-order valence-corrected chi connectivity index (χ4v) is 3.49. The predicted molar refractivity (Wildman–Crippen MR) is 110 cm³/mol. The van der Waals surface area contributed by atoms with Gasteiger partial charge in [-0.1, -0.05) is 19.1 Å². The van der Waals surface area contributed by atoms with Gasteiger partial charge in [0.15, 0.2) is 0 Å². The molecule has 0 aromatic heterocycles. The highest BCUT2D eigenvalue weighted by Gasteiger charge is 2.28. The van der Waals surface area contributed by atoms with E-state index in [4.69, 9.17) is 0 Å². The van der Waals surface area contributed by atoms with Gasteiger partial charge in [-0.3, -0.25) is 0 Å².